The molecule has 0 bridgehead atoms. The van der Waals surface area contributed by atoms with Crippen molar-refractivity contribution in [2.24, 2.45) is 0 Å². The van der Waals surface area contributed by atoms with E-state index in [2.05, 4.69) is 0 Å². The number of nitrogens with zero attached hydrogens (tertiary/aromatic N) is 1. The molecule has 0 aromatic heterocycles. The van der Waals surface area contributed by atoms with Gasteiger partial charge >= 0.3 is 0 Å². The van der Waals surface area contributed by atoms with Crippen molar-refractivity contribution in [1.29, 1.82) is 0 Å². The Hall–Kier alpha value is -2.75. The van der Waals surface area contributed by atoms with E-state index in [9.17, 15) is 9.90 Å². The van der Waals surface area contributed by atoms with E-state index in [0.717, 1.165) is 5.56 Å². The standard InChI is InChI=1S/C16H16N2O2/c1-18(14-3-2-4-15(19)11-14)16(20)10-7-12-5-8-13(17)9-6-12/h2-11,19H,17H2,1H3/b10-7+. The number of nitrogens with two attached hydrogens (primary N) is 1. The number of carbonyl (C=O) groups is 1. The first kappa shape index (κ1) is 13.7. The molecule has 2 aromatic carbocycles. The van der Waals surface area contributed by atoms with E-state index < -0.39 is 0 Å². The van der Waals surface area contributed by atoms with Crippen molar-refractivity contribution in [3.63, 3.8) is 0 Å². The molecule has 0 aliphatic rings. The smallest absolute Gasteiger partial charge is 0.250 e. The molecular formula is C16H16N2O2. The molecule has 0 heterocycles. The summed E-state index contributed by atoms with van der Waals surface area (Å²) in [6, 6.07) is 13.8. The number of benzene rings is 2. The van der Waals surface area contributed by atoms with E-state index in [4.69, 9.17) is 5.73 Å². The zero-order chi connectivity index (χ0) is 14.5. The number of carbonyl (C=O) groups excluding carboxylic acids is 1. The summed E-state index contributed by atoms with van der Waals surface area (Å²) in [4.78, 5) is 13.5. The van der Waals surface area contributed by atoms with Gasteiger partial charge in [0.05, 0.1) is 0 Å². The molecule has 0 atom stereocenters. The number of phenols is 1. The van der Waals surface area contributed by atoms with Crippen LogP contribution in [0.2, 0.25) is 0 Å². The van der Waals surface area contributed by atoms with Gasteiger partial charge in [0.25, 0.3) is 5.91 Å². The molecule has 0 aliphatic heterocycles. The van der Waals surface area contributed by atoms with Gasteiger partial charge in [0.1, 0.15) is 5.75 Å². The summed E-state index contributed by atoms with van der Waals surface area (Å²) < 4.78 is 0. The minimum Gasteiger partial charge on any atom is -0.508 e. The van der Waals surface area contributed by atoms with E-state index >= 15 is 0 Å². The van der Waals surface area contributed by atoms with Crippen LogP contribution >= 0.6 is 0 Å². The number of nitrogen functional groups attached to an aromatic ring is 1. The van der Waals surface area contributed by atoms with Gasteiger partial charge in [0.2, 0.25) is 0 Å². The first-order valence-electron chi connectivity index (χ1n) is 6.16. The summed E-state index contributed by atoms with van der Waals surface area (Å²) in [5.74, 6) is -0.0444. The van der Waals surface area contributed by atoms with Gasteiger partial charge in [-0.3, -0.25) is 4.79 Å². The van der Waals surface area contributed by atoms with Crippen LogP contribution in [-0.4, -0.2) is 18.1 Å². The van der Waals surface area contributed by atoms with Crippen molar-refractivity contribution in [1.82, 2.24) is 0 Å². The van der Waals surface area contributed by atoms with Crippen molar-refractivity contribution >= 4 is 23.4 Å². The number of hydrogen-bond acceptors (Lipinski definition) is 3. The minimum atomic E-state index is -0.174. The molecule has 0 aliphatic carbocycles. The average Bonchev–Trinajstić information content (AvgIpc) is 2.45. The normalized spacial score (nSPS) is 10.7. The highest BCUT2D eigenvalue weighted by atomic mass is 16.3. The second kappa shape index (κ2) is 5.93. The van der Waals surface area contributed by atoms with Gasteiger partial charge in [-0.25, -0.2) is 0 Å². The van der Waals surface area contributed by atoms with Crippen LogP contribution in [0.15, 0.2) is 54.6 Å². The summed E-state index contributed by atoms with van der Waals surface area (Å²) in [6.07, 6.45) is 3.21. The third-order valence-electron chi connectivity index (χ3n) is 2.90. The first-order chi connectivity index (χ1) is 9.56. The highest BCUT2D eigenvalue weighted by molar-refractivity contribution is 6.03. The molecule has 2 aromatic rings. The van der Waals surface area contributed by atoms with Crippen molar-refractivity contribution < 1.29 is 9.90 Å². The Morgan fingerprint density at radius 1 is 1.20 bits per heavy atom. The maximum Gasteiger partial charge on any atom is 0.250 e. The molecule has 4 heteroatoms. The summed E-state index contributed by atoms with van der Waals surface area (Å²) in [5.41, 5.74) is 7.82. The number of amides is 1. The fraction of sp³-hybridized carbons (Fsp3) is 0.0625. The van der Waals surface area contributed by atoms with Crippen LogP contribution in [-0.2, 0) is 4.79 Å². The quantitative estimate of drug-likeness (QED) is 0.664. The SMILES string of the molecule is CN(C(=O)/C=C/c1ccc(N)cc1)c1cccc(O)c1. The van der Waals surface area contributed by atoms with E-state index in [1.807, 2.05) is 12.1 Å². The lowest BCUT2D eigenvalue weighted by Gasteiger charge is -2.15. The van der Waals surface area contributed by atoms with Crippen LogP contribution in [0.4, 0.5) is 11.4 Å². The lowest BCUT2D eigenvalue weighted by molar-refractivity contribution is -0.113. The molecule has 0 saturated carbocycles. The molecule has 0 spiro atoms. The van der Waals surface area contributed by atoms with Crippen molar-refractivity contribution in [3.8, 4) is 5.75 Å². The highest BCUT2D eigenvalue weighted by Gasteiger charge is 2.07. The number of hydrogen-bond donors (Lipinski definition) is 2. The number of likely N-dealkylation sites (N-methyl/N-ethyl adjacent to an activating group) is 1. The van der Waals surface area contributed by atoms with Crippen molar-refractivity contribution in [2.45, 2.75) is 0 Å². The molecule has 0 radical (unpaired) electrons. The number of phenolic OH excluding ortho intramolecular Hbond substituents is 1. The Bertz CT molecular complexity index is 633. The lowest BCUT2D eigenvalue weighted by atomic mass is 10.2. The van der Waals surface area contributed by atoms with Gasteiger partial charge < -0.3 is 15.7 Å². The molecule has 20 heavy (non-hydrogen) atoms. The predicted octanol–water partition coefficient (Wildman–Crippen LogP) is 2.65. The Labute approximate surface area is 117 Å². The topological polar surface area (TPSA) is 66.6 Å². The van der Waals surface area contributed by atoms with Crippen molar-refractivity contribution in [3.05, 3.63) is 60.2 Å². The highest BCUT2D eigenvalue weighted by Crippen LogP contribution is 2.19. The van der Waals surface area contributed by atoms with Gasteiger partial charge in [-0.1, -0.05) is 18.2 Å². The van der Waals surface area contributed by atoms with Gasteiger partial charge in [0, 0.05) is 30.6 Å². The zero-order valence-electron chi connectivity index (χ0n) is 11.2. The van der Waals surface area contributed by atoms with Crippen molar-refractivity contribution in [2.75, 3.05) is 17.7 Å². The molecule has 102 valence electrons. The van der Waals surface area contributed by atoms with Crippen LogP contribution in [0, 0.1) is 0 Å². The Morgan fingerprint density at radius 3 is 2.55 bits per heavy atom. The number of anilines is 2. The van der Waals surface area contributed by atoms with Crippen LogP contribution in [0.25, 0.3) is 6.08 Å². The predicted molar refractivity (Wildman–Crippen MR) is 81.4 cm³/mol. The third kappa shape index (κ3) is 3.38. The number of rotatable bonds is 3. The van der Waals surface area contributed by atoms with Gasteiger partial charge in [-0.2, -0.15) is 0 Å². The maximum atomic E-state index is 12.0. The monoisotopic (exact) mass is 268 g/mol. The molecule has 1 amide bonds. The average molecular weight is 268 g/mol. The van der Waals surface area contributed by atoms with E-state index in [1.54, 1.807) is 43.5 Å². The molecular weight excluding hydrogens is 252 g/mol. The maximum absolute atomic E-state index is 12.0. The van der Waals surface area contributed by atoms with Gasteiger partial charge in [0.15, 0.2) is 0 Å². The van der Waals surface area contributed by atoms with E-state index in [1.165, 1.54) is 17.0 Å². The molecule has 3 N–H and O–H groups in total. The van der Waals surface area contributed by atoms with Crippen LogP contribution in [0.3, 0.4) is 0 Å². The second-order valence-corrected chi connectivity index (χ2v) is 4.42. The summed E-state index contributed by atoms with van der Waals surface area (Å²) in [7, 11) is 1.66. The van der Waals surface area contributed by atoms with Crippen LogP contribution in [0.1, 0.15) is 5.56 Å². The number of aromatic hydroxyl groups is 1. The fourth-order valence-electron chi connectivity index (χ4n) is 1.72. The lowest BCUT2D eigenvalue weighted by Crippen LogP contribution is -2.23. The summed E-state index contributed by atoms with van der Waals surface area (Å²) in [5, 5.41) is 9.41. The first-order valence-corrected chi connectivity index (χ1v) is 6.16. The van der Waals surface area contributed by atoms with Gasteiger partial charge in [-0.15, -0.1) is 0 Å². The van der Waals surface area contributed by atoms with Crippen LogP contribution < -0.4 is 10.6 Å². The van der Waals surface area contributed by atoms with Gasteiger partial charge in [-0.05, 0) is 35.9 Å². The Morgan fingerprint density at radius 2 is 1.90 bits per heavy atom. The summed E-state index contributed by atoms with van der Waals surface area (Å²) in [6.45, 7) is 0. The minimum absolute atomic E-state index is 0.129. The third-order valence-corrected chi connectivity index (χ3v) is 2.90. The van der Waals surface area contributed by atoms with Crippen LogP contribution in [0.5, 0.6) is 5.75 Å². The summed E-state index contributed by atoms with van der Waals surface area (Å²) >= 11 is 0. The Kier molecular flexibility index (Phi) is 4.05. The largest absolute Gasteiger partial charge is 0.508 e. The van der Waals surface area contributed by atoms with E-state index in [0.29, 0.717) is 11.4 Å². The molecule has 0 unspecified atom stereocenters. The second-order valence-electron chi connectivity index (χ2n) is 4.42. The fourth-order valence-corrected chi connectivity index (χ4v) is 1.72. The molecule has 0 fully saturated rings. The molecule has 4 nitrogen and oxygen atoms in total. The zero-order valence-corrected chi connectivity index (χ0v) is 11.2. The molecule has 2 rings (SSSR count). The van der Waals surface area contributed by atoms with E-state index in [-0.39, 0.29) is 11.7 Å². The molecule has 0 saturated heterocycles. The Balaban J connectivity index is 2.09.